The highest BCUT2D eigenvalue weighted by Crippen LogP contribution is 2.47. The quantitative estimate of drug-likeness (QED) is 0.458. The molecule has 2 aliphatic heterocycles. The number of nitrogens with one attached hydrogen (secondary N) is 1. The van der Waals surface area contributed by atoms with Crippen LogP contribution in [0.25, 0.3) is 0 Å². The minimum absolute atomic E-state index is 0. The van der Waals surface area contributed by atoms with Crippen molar-refractivity contribution in [3.63, 3.8) is 0 Å². The fraction of sp³-hybridized carbons (Fsp3) is 0.613. The van der Waals surface area contributed by atoms with Gasteiger partial charge in [0, 0.05) is 50.4 Å². The second-order valence-corrected chi connectivity index (χ2v) is 12.2. The molecular weight excluding hydrogens is 539 g/mol. The number of H-pyrrole nitrogens is 1. The molecule has 3 N–H and O–H groups in total. The van der Waals surface area contributed by atoms with Crippen LogP contribution in [0.15, 0.2) is 42.5 Å². The number of hydrogen-bond donors (Lipinski definition) is 1. The van der Waals surface area contributed by atoms with Crippen LogP contribution in [0.1, 0.15) is 79.8 Å². The summed E-state index contributed by atoms with van der Waals surface area (Å²) >= 11 is 0. The fourth-order valence-corrected chi connectivity index (χ4v) is 8.21. The smallest absolute Gasteiger partial charge is 0.248 e. The number of amides is 1. The molecule has 3 heterocycles. The maximum absolute atomic E-state index is 14.5. The molecule has 3 fully saturated rings. The highest BCUT2D eigenvalue weighted by atomic mass is 35.5. The monoisotopic (exact) mass is 579 g/mol. The van der Waals surface area contributed by atoms with E-state index in [-0.39, 0.29) is 66.9 Å². The normalized spacial score (nSPS) is 30.2. The number of alkyl halides is 2. The Balaban J connectivity index is 0.00000176. The van der Waals surface area contributed by atoms with Gasteiger partial charge in [0.1, 0.15) is 5.92 Å². The minimum Gasteiger partial charge on any atom is -1.00 e. The van der Waals surface area contributed by atoms with E-state index in [0.717, 1.165) is 57.4 Å². The van der Waals surface area contributed by atoms with Crippen LogP contribution in [0.2, 0.25) is 0 Å². The number of aromatic amines is 1. The number of piperidine rings is 1. The second kappa shape index (κ2) is 12.0. The molecular formula is C31H41Cl2F2N3O. The van der Waals surface area contributed by atoms with Crippen molar-refractivity contribution in [2.75, 3.05) is 19.6 Å². The number of aromatic nitrogens is 1. The van der Waals surface area contributed by atoms with E-state index >= 15 is 0 Å². The third-order valence-corrected chi connectivity index (χ3v) is 10.1. The molecule has 1 saturated carbocycles. The van der Waals surface area contributed by atoms with Crippen molar-refractivity contribution in [2.24, 2.45) is 11.8 Å². The predicted octanol–water partition coefficient (Wildman–Crippen LogP) is -1.82. The van der Waals surface area contributed by atoms with Gasteiger partial charge in [0.05, 0.1) is 18.5 Å². The van der Waals surface area contributed by atoms with Crippen LogP contribution in [-0.2, 0) is 16.6 Å². The third kappa shape index (κ3) is 5.71. The van der Waals surface area contributed by atoms with Gasteiger partial charge in [-0.15, -0.1) is 0 Å². The highest BCUT2D eigenvalue weighted by Gasteiger charge is 2.56. The van der Waals surface area contributed by atoms with Gasteiger partial charge < -0.3 is 35.0 Å². The summed E-state index contributed by atoms with van der Waals surface area (Å²) < 4.78 is 28.2. The van der Waals surface area contributed by atoms with E-state index in [0.29, 0.717) is 18.8 Å². The average Bonchev–Trinajstić information content (AvgIpc) is 3.32. The first-order chi connectivity index (χ1) is 17.9. The SMILES string of the molecule is Cc1ccc2c([nH+]1)CCC[C@]21C[NH2+]C[C@H]1C(=O)N1CC[C@@H](c2ccccc2)C[C@H]1C1CCC(F)(F)CC1.[Cl-].[Cl-]. The molecule has 0 bridgehead atoms. The molecule has 0 unspecified atom stereocenters. The Morgan fingerprint density at radius 3 is 2.51 bits per heavy atom. The summed E-state index contributed by atoms with van der Waals surface area (Å²) in [5.41, 5.74) is 4.99. The average molecular weight is 581 g/mol. The molecule has 8 heteroatoms. The molecule has 0 radical (unpaired) electrons. The van der Waals surface area contributed by atoms with Crippen LogP contribution < -0.4 is 35.1 Å². The van der Waals surface area contributed by atoms with Gasteiger partial charge in [-0.1, -0.05) is 30.3 Å². The number of nitrogens with zero attached hydrogens (tertiary/aromatic N) is 1. The summed E-state index contributed by atoms with van der Waals surface area (Å²) in [5.74, 6) is -1.79. The summed E-state index contributed by atoms with van der Waals surface area (Å²) in [6.45, 7) is 4.60. The first kappa shape index (κ1) is 30.2. The van der Waals surface area contributed by atoms with Gasteiger partial charge >= 0.3 is 0 Å². The van der Waals surface area contributed by atoms with Crippen molar-refractivity contribution >= 4 is 5.91 Å². The number of carbonyl (C=O) groups excluding carboxylic acids is 1. The van der Waals surface area contributed by atoms with Crippen LogP contribution >= 0.6 is 0 Å². The number of benzene rings is 1. The van der Waals surface area contributed by atoms with Gasteiger partial charge in [-0.05, 0) is 62.0 Å². The summed E-state index contributed by atoms with van der Waals surface area (Å²) in [5, 5.41) is 2.34. The third-order valence-electron chi connectivity index (χ3n) is 10.1. The standard InChI is InChI=1S/C31H39F2N3O.2ClH/c1-21-9-10-25-27(35-21)8-5-14-30(25)20-34-19-26(30)29(37)36-17-13-24(22-6-3-2-4-7-22)18-28(36)23-11-15-31(32,33)16-12-23;;/h2-4,6-7,9-10,23-24,26,28,34H,5,8,11-20H2,1H3;2*1H/t24-,26+,28+,30+;;/m1../s1. The van der Waals surface area contributed by atoms with Crippen molar-refractivity contribution in [2.45, 2.75) is 88.0 Å². The van der Waals surface area contributed by atoms with Crippen LogP contribution in [0.3, 0.4) is 0 Å². The summed E-state index contributed by atoms with van der Waals surface area (Å²) in [7, 11) is 0. The zero-order valence-corrected chi connectivity index (χ0v) is 24.3. The van der Waals surface area contributed by atoms with Crippen LogP contribution in [-0.4, -0.2) is 42.4 Å². The number of hydrogen-bond acceptors (Lipinski definition) is 1. The first-order valence-electron chi connectivity index (χ1n) is 14.4. The lowest BCUT2D eigenvalue weighted by molar-refractivity contribution is -0.640. The van der Waals surface area contributed by atoms with E-state index in [1.165, 1.54) is 16.8 Å². The van der Waals surface area contributed by atoms with Gasteiger partial charge in [-0.2, -0.15) is 0 Å². The summed E-state index contributed by atoms with van der Waals surface area (Å²) in [4.78, 5) is 20.3. The van der Waals surface area contributed by atoms with Crippen LogP contribution in [0.4, 0.5) is 8.78 Å². The molecule has 2 aliphatic carbocycles. The predicted molar refractivity (Wildman–Crippen MR) is 138 cm³/mol. The van der Waals surface area contributed by atoms with Crippen LogP contribution in [0, 0.1) is 18.8 Å². The number of nitrogens with two attached hydrogens (primary N) is 1. The zero-order chi connectivity index (χ0) is 25.6. The highest BCUT2D eigenvalue weighted by molar-refractivity contribution is 5.82. The number of rotatable bonds is 3. The molecule has 4 nitrogen and oxygen atoms in total. The van der Waals surface area contributed by atoms with Crippen molar-refractivity contribution in [3.8, 4) is 0 Å². The lowest BCUT2D eigenvalue weighted by Crippen LogP contribution is -3.00. The zero-order valence-electron chi connectivity index (χ0n) is 22.8. The Morgan fingerprint density at radius 2 is 1.77 bits per heavy atom. The molecule has 1 amide bonds. The van der Waals surface area contributed by atoms with E-state index in [4.69, 9.17) is 0 Å². The van der Waals surface area contributed by atoms with E-state index < -0.39 is 5.92 Å². The first-order valence-corrected chi connectivity index (χ1v) is 14.4. The van der Waals surface area contributed by atoms with Crippen LogP contribution in [0.5, 0.6) is 0 Å². The molecule has 214 valence electrons. The number of halogens is 4. The Morgan fingerprint density at radius 1 is 1.03 bits per heavy atom. The Bertz CT molecular complexity index is 1140. The summed E-state index contributed by atoms with van der Waals surface area (Å²) in [6, 6.07) is 15.1. The lowest BCUT2D eigenvalue weighted by atomic mass is 9.64. The van der Waals surface area contributed by atoms with Crippen molar-refractivity contribution in [1.29, 1.82) is 0 Å². The minimum atomic E-state index is -2.55. The summed E-state index contributed by atoms with van der Waals surface area (Å²) in [6.07, 6.45) is 5.96. The number of aryl methyl sites for hydroxylation is 2. The molecule has 4 aliphatic rings. The molecule has 1 aromatic carbocycles. The Kier molecular flexibility index (Phi) is 9.29. The molecule has 2 aromatic rings. The van der Waals surface area contributed by atoms with E-state index in [2.05, 4.69) is 58.5 Å². The molecule has 1 spiro atoms. The maximum Gasteiger partial charge on any atom is 0.248 e. The van der Waals surface area contributed by atoms with Crippen molar-refractivity contribution in [3.05, 3.63) is 65.0 Å². The number of pyridine rings is 1. The topological polar surface area (TPSA) is 51.1 Å². The second-order valence-electron chi connectivity index (χ2n) is 12.2. The largest absolute Gasteiger partial charge is 1.00 e. The van der Waals surface area contributed by atoms with E-state index in [1.807, 2.05) is 6.07 Å². The van der Waals surface area contributed by atoms with Gasteiger partial charge in [0.2, 0.25) is 11.8 Å². The maximum atomic E-state index is 14.5. The van der Waals surface area contributed by atoms with Crippen molar-refractivity contribution in [1.82, 2.24) is 4.90 Å². The Hall–Kier alpha value is -1.76. The van der Waals surface area contributed by atoms with E-state index in [1.54, 1.807) is 0 Å². The number of carbonyl (C=O) groups is 1. The molecule has 4 atom stereocenters. The number of quaternary nitrogens is 1. The van der Waals surface area contributed by atoms with Gasteiger partial charge in [-0.3, -0.25) is 4.79 Å². The number of fused-ring (bicyclic) bond motifs is 2. The molecule has 39 heavy (non-hydrogen) atoms. The van der Waals surface area contributed by atoms with Gasteiger partial charge in [0.15, 0.2) is 11.4 Å². The fourth-order valence-electron chi connectivity index (χ4n) is 8.21. The van der Waals surface area contributed by atoms with E-state index in [9.17, 15) is 13.6 Å². The van der Waals surface area contributed by atoms with Gasteiger partial charge in [0.25, 0.3) is 0 Å². The Labute approximate surface area is 243 Å². The number of likely N-dealkylation sites (tertiary alicyclic amines) is 1. The molecule has 1 aromatic heterocycles. The lowest BCUT2D eigenvalue weighted by Gasteiger charge is -2.47. The molecule has 2 saturated heterocycles. The molecule has 6 rings (SSSR count). The van der Waals surface area contributed by atoms with Crippen molar-refractivity contribution < 1.29 is 48.7 Å². The van der Waals surface area contributed by atoms with Gasteiger partial charge in [-0.25, -0.2) is 13.8 Å².